The monoisotopic (exact) mass is 1500 g/mol. The molecule has 5 fully saturated rings. The standard InChI is InChI=1S/C33H29N5O3S.2C29H28N6/c1-21-7-12-27(13-8-21)42(39,40)41-19-22-15-26(16-22)38-18-28(31-32(34)35-20-36-33(31)38)25-10-9-24-11-14-29(37-30(24)17-25)23-5-3-2-4-6-23;2*30-28-27-24(17-35(29(27)32-18-31-28)23-13-19(14-23)16-34-11-4-12-34)22-8-7-21-9-10-25(33-26(21)15-22)20-5-2-1-3-6-20/h2-14,17-18,20,22,26H,15-16,19H2,1H3,(H2,34,35,36);2*1-3,5-10,15,17-19,23H,4,11-14,16H2,(H2,30,31,32). The molecule has 3 aliphatic carbocycles. The minimum absolute atomic E-state index is 0.122. The predicted molar refractivity (Wildman–Crippen MR) is 446 cm³/mol. The Kier molecular flexibility index (Phi) is 18.6. The second-order valence-electron chi connectivity index (χ2n) is 31.0. The Hall–Kier alpha value is -12.1. The molecule has 7 aromatic carbocycles. The number of likely N-dealkylation sites (tertiary alicyclic amines) is 2. The largest absolute Gasteiger partial charge is 0.383 e. The van der Waals surface area contributed by atoms with Crippen molar-refractivity contribution in [3.05, 3.63) is 249 Å². The molecule has 0 bridgehead atoms. The summed E-state index contributed by atoms with van der Waals surface area (Å²) < 4.78 is 37.5. The van der Waals surface area contributed by atoms with Crippen LogP contribution in [-0.2, 0) is 14.3 Å². The molecular formula is C91H85N17O3S. The van der Waals surface area contributed by atoms with Crippen molar-refractivity contribution in [1.29, 1.82) is 0 Å². The first-order chi connectivity index (χ1) is 54.8. The van der Waals surface area contributed by atoms with Crippen molar-refractivity contribution < 1.29 is 12.6 Å². The number of hydrogen-bond acceptors (Lipinski definition) is 17. The van der Waals surface area contributed by atoms with Gasteiger partial charge in [-0.05, 0) is 167 Å². The van der Waals surface area contributed by atoms with E-state index in [4.69, 9.17) is 36.3 Å². The van der Waals surface area contributed by atoms with E-state index < -0.39 is 10.1 Å². The van der Waals surface area contributed by atoms with Crippen LogP contribution in [-0.4, -0.2) is 123 Å². The van der Waals surface area contributed by atoms with Gasteiger partial charge in [0.25, 0.3) is 10.1 Å². The number of hydrogen-bond donors (Lipinski definition) is 3. The number of fused-ring (bicyclic) bond motifs is 6. The first-order valence-electron chi connectivity index (χ1n) is 38.9. The summed E-state index contributed by atoms with van der Waals surface area (Å²) in [7, 11) is -3.79. The highest BCUT2D eigenvalue weighted by Gasteiger charge is 2.38. The number of benzene rings is 7. The van der Waals surface area contributed by atoms with Gasteiger partial charge in [-0.15, -0.1) is 0 Å². The van der Waals surface area contributed by atoms with E-state index in [1.54, 1.807) is 36.9 Å². The van der Waals surface area contributed by atoms with Crippen LogP contribution in [0.2, 0.25) is 0 Å². The molecular weight excluding hydrogens is 1410 g/mol. The van der Waals surface area contributed by atoms with Crippen molar-refractivity contribution in [1.82, 2.24) is 68.4 Å². The number of rotatable bonds is 17. The summed E-state index contributed by atoms with van der Waals surface area (Å²) in [6.07, 6.45) is 20.3. The molecule has 2 saturated heterocycles. The van der Waals surface area contributed by atoms with Crippen LogP contribution in [0.5, 0.6) is 0 Å². The van der Waals surface area contributed by atoms with E-state index in [9.17, 15) is 8.42 Å². The van der Waals surface area contributed by atoms with Crippen molar-refractivity contribution in [2.45, 2.75) is 81.3 Å². The molecule has 2 aliphatic heterocycles. The Balaban J connectivity index is 0.000000114. The SMILES string of the molecule is Cc1ccc(S(=O)(=O)OCC2CC(n3cc(-c4ccc5ccc(-c6ccccc6)nc5c4)c4c(N)ncnc43)C2)cc1.Nc1ncnc2c1c(-c1ccc3ccc(-c4ccccc4)nc3c1)cn2C1CC(CN2CCC2)C1.Nc1ncnc2c1c(-c1ccc3ccc(-c4ccccc4)nc3c1)cn2C1CC(CN2CCC2)C1. The lowest BCUT2D eigenvalue weighted by Crippen LogP contribution is -2.43. The highest BCUT2D eigenvalue weighted by molar-refractivity contribution is 7.86. The number of nitrogens with zero attached hydrogens (tertiary/aromatic N) is 14. The maximum atomic E-state index is 12.6. The maximum absolute atomic E-state index is 12.6. The lowest BCUT2D eigenvalue weighted by molar-refractivity contribution is 0.0921. The highest BCUT2D eigenvalue weighted by atomic mass is 32.2. The van der Waals surface area contributed by atoms with E-state index in [-0.39, 0.29) is 23.5 Å². The molecule has 0 radical (unpaired) electrons. The van der Waals surface area contributed by atoms with E-state index >= 15 is 0 Å². The molecule has 0 amide bonds. The number of aryl methyl sites for hydroxylation is 1. The van der Waals surface area contributed by atoms with Crippen LogP contribution in [0.4, 0.5) is 17.5 Å². The van der Waals surface area contributed by atoms with Crippen molar-refractivity contribution in [2.24, 2.45) is 17.8 Å². The average Bonchev–Trinajstić information content (AvgIpc) is 1.61. The first kappa shape index (κ1) is 70.3. The zero-order valence-corrected chi connectivity index (χ0v) is 63.1. The molecule has 11 heterocycles. The smallest absolute Gasteiger partial charge is 0.296 e. The van der Waals surface area contributed by atoms with Gasteiger partial charge in [0.2, 0.25) is 0 Å². The molecule has 21 rings (SSSR count). The van der Waals surface area contributed by atoms with Crippen molar-refractivity contribution in [3.63, 3.8) is 0 Å². The molecule has 0 unspecified atom stereocenters. The highest BCUT2D eigenvalue weighted by Crippen LogP contribution is 2.48. The van der Waals surface area contributed by atoms with Gasteiger partial charge < -0.3 is 40.7 Å². The van der Waals surface area contributed by atoms with Crippen LogP contribution in [0.25, 0.3) is 133 Å². The van der Waals surface area contributed by atoms with Crippen LogP contribution >= 0.6 is 0 Å². The molecule has 9 aromatic heterocycles. The van der Waals surface area contributed by atoms with E-state index in [1.165, 1.54) is 84.1 Å². The Morgan fingerprint density at radius 1 is 0.384 bits per heavy atom. The number of pyridine rings is 3. The quantitative estimate of drug-likeness (QED) is 0.0716. The van der Waals surface area contributed by atoms with E-state index in [1.807, 2.05) is 67.6 Å². The number of nitrogen functional groups attached to an aromatic ring is 3. The molecule has 558 valence electrons. The fourth-order valence-electron chi connectivity index (χ4n) is 17.0. The van der Waals surface area contributed by atoms with E-state index in [0.29, 0.717) is 29.5 Å². The third kappa shape index (κ3) is 13.8. The molecule has 112 heavy (non-hydrogen) atoms. The Morgan fingerprint density at radius 2 is 0.714 bits per heavy atom. The third-order valence-corrected chi connectivity index (χ3v) is 24.9. The fraction of sp³-hybridized carbons (Fsp3) is 0.242. The summed E-state index contributed by atoms with van der Waals surface area (Å²) in [5.74, 6) is 3.17. The lowest BCUT2D eigenvalue weighted by Gasteiger charge is -2.42. The Morgan fingerprint density at radius 3 is 1.04 bits per heavy atom. The van der Waals surface area contributed by atoms with Gasteiger partial charge in [0, 0.05) is 99.3 Å². The molecule has 16 aromatic rings. The van der Waals surface area contributed by atoms with Gasteiger partial charge in [-0.25, -0.2) is 44.9 Å². The van der Waals surface area contributed by atoms with Gasteiger partial charge >= 0.3 is 0 Å². The Labute approximate surface area is 649 Å². The predicted octanol–water partition coefficient (Wildman–Crippen LogP) is 17.7. The zero-order valence-electron chi connectivity index (χ0n) is 62.3. The molecule has 3 saturated carbocycles. The minimum Gasteiger partial charge on any atom is -0.383 e. The number of aromatic nitrogens is 12. The summed E-state index contributed by atoms with van der Waals surface area (Å²) in [6.45, 7) is 9.61. The molecule has 20 nitrogen and oxygen atoms in total. The summed E-state index contributed by atoms with van der Waals surface area (Å²) in [5.41, 5.74) is 38.1. The van der Waals surface area contributed by atoms with Crippen molar-refractivity contribution in [2.75, 3.05) is 63.1 Å². The van der Waals surface area contributed by atoms with Crippen molar-refractivity contribution in [3.8, 4) is 67.2 Å². The van der Waals surface area contributed by atoms with Crippen LogP contribution < -0.4 is 17.2 Å². The molecule has 0 atom stereocenters. The molecule has 0 spiro atoms. The van der Waals surface area contributed by atoms with Gasteiger partial charge in [-0.2, -0.15) is 8.42 Å². The summed E-state index contributed by atoms with van der Waals surface area (Å²) >= 11 is 0. The molecule has 21 heteroatoms. The maximum Gasteiger partial charge on any atom is 0.296 e. The third-order valence-electron chi connectivity index (χ3n) is 23.6. The summed E-state index contributed by atoms with van der Waals surface area (Å²) in [6, 6.07) is 70.3. The van der Waals surface area contributed by atoms with Gasteiger partial charge in [0.05, 0.1) is 61.3 Å². The van der Waals surface area contributed by atoms with Gasteiger partial charge in [0.15, 0.2) is 0 Å². The first-order valence-corrected chi connectivity index (χ1v) is 40.4. The summed E-state index contributed by atoms with van der Waals surface area (Å²) in [5, 5.41) is 5.98. The molecule has 6 N–H and O–H groups in total. The van der Waals surface area contributed by atoms with Crippen LogP contribution in [0, 0.1) is 24.7 Å². The van der Waals surface area contributed by atoms with Crippen LogP contribution in [0.3, 0.4) is 0 Å². The topological polar surface area (TPSA) is 259 Å². The Bertz CT molecular complexity index is 6070. The van der Waals surface area contributed by atoms with Gasteiger partial charge in [0.1, 0.15) is 53.4 Å². The normalized spacial score (nSPS) is 18.9. The van der Waals surface area contributed by atoms with Gasteiger partial charge in [-0.3, -0.25) is 4.18 Å². The van der Waals surface area contributed by atoms with Crippen LogP contribution in [0.1, 0.15) is 75.1 Å². The second-order valence-corrected chi connectivity index (χ2v) is 32.6. The zero-order chi connectivity index (χ0) is 75.6. The summed E-state index contributed by atoms with van der Waals surface area (Å²) in [4.78, 5) is 47.1. The second kappa shape index (κ2) is 29.6. The number of nitrogens with two attached hydrogens (primary N) is 3. The van der Waals surface area contributed by atoms with Crippen molar-refractivity contribution >= 4 is 93.4 Å². The van der Waals surface area contributed by atoms with E-state index in [0.717, 1.165) is 163 Å². The molecule has 5 aliphatic rings. The average molecular weight is 1500 g/mol. The fourth-order valence-corrected chi connectivity index (χ4v) is 18.0. The van der Waals surface area contributed by atoms with E-state index in [2.05, 4.69) is 193 Å². The lowest BCUT2D eigenvalue weighted by atomic mass is 9.79. The van der Waals surface area contributed by atoms with Gasteiger partial charge in [-0.1, -0.05) is 163 Å². The minimum atomic E-state index is -3.79. The number of anilines is 3. The van der Waals surface area contributed by atoms with Crippen LogP contribution in [0.15, 0.2) is 249 Å².